The van der Waals surface area contributed by atoms with Crippen LogP contribution in [0.25, 0.3) is 0 Å². The van der Waals surface area contributed by atoms with Gasteiger partial charge in [0.15, 0.2) is 0 Å². The Kier molecular flexibility index (Phi) is 4.14. The maximum Gasteiger partial charge on any atom is 0.138 e. The van der Waals surface area contributed by atoms with Gasteiger partial charge >= 0.3 is 0 Å². The molecule has 0 fully saturated rings. The fourth-order valence-electron chi connectivity index (χ4n) is 2.00. The summed E-state index contributed by atoms with van der Waals surface area (Å²) in [6.07, 6.45) is 2.36. The second-order valence-corrected chi connectivity index (χ2v) is 5.82. The van der Waals surface area contributed by atoms with E-state index in [1.54, 1.807) is 17.7 Å². The van der Waals surface area contributed by atoms with Crippen LogP contribution in [0.15, 0.2) is 17.1 Å². The topological polar surface area (TPSA) is 56.7 Å². The highest BCUT2D eigenvalue weighted by molar-refractivity contribution is 7.08. The number of aromatic nitrogens is 3. The summed E-state index contributed by atoms with van der Waals surface area (Å²) in [5.41, 5.74) is 8.74. The van der Waals surface area contributed by atoms with Gasteiger partial charge in [-0.15, -0.1) is 0 Å². The van der Waals surface area contributed by atoms with Gasteiger partial charge in [-0.1, -0.05) is 13.8 Å². The van der Waals surface area contributed by atoms with Crippen LogP contribution in [0.4, 0.5) is 0 Å². The van der Waals surface area contributed by atoms with Gasteiger partial charge in [0.1, 0.15) is 12.2 Å². The molecule has 0 amide bonds. The molecule has 4 nitrogen and oxygen atoms in total. The monoisotopic (exact) mass is 264 g/mol. The van der Waals surface area contributed by atoms with Crippen molar-refractivity contribution in [3.05, 3.63) is 34.0 Å². The summed E-state index contributed by atoms with van der Waals surface area (Å²) in [5, 5.41) is 8.53. The molecule has 0 bridgehead atoms. The summed E-state index contributed by atoms with van der Waals surface area (Å²) in [4.78, 5) is 4.32. The van der Waals surface area contributed by atoms with Gasteiger partial charge in [-0.05, 0) is 34.7 Å². The first-order valence-corrected chi connectivity index (χ1v) is 7.17. The molecule has 1 unspecified atom stereocenters. The molecule has 2 N–H and O–H groups in total. The Morgan fingerprint density at radius 2 is 2.17 bits per heavy atom. The summed E-state index contributed by atoms with van der Waals surface area (Å²) in [6.45, 7) is 7.35. The average molecular weight is 264 g/mol. The van der Waals surface area contributed by atoms with Crippen LogP contribution in [0, 0.1) is 12.8 Å². The Bertz CT molecular complexity index is 501. The minimum Gasteiger partial charge on any atom is -0.324 e. The van der Waals surface area contributed by atoms with E-state index in [1.807, 2.05) is 4.68 Å². The molecule has 0 aliphatic heterocycles. The Labute approximate surface area is 112 Å². The molecule has 0 radical (unpaired) electrons. The van der Waals surface area contributed by atoms with Crippen molar-refractivity contribution in [3.8, 4) is 0 Å². The molecule has 2 aromatic heterocycles. The number of rotatable bonds is 5. The Balaban J connectivity index is 2.10. The third-order valence-corrected chi connectivity index (χ3v) is 3.81. The number of hydrogen-bond donors (Lipinski definition) is 1. The number of thiophene rings is 1. The van der Waals surface area contributed by atoms with Gasteiger partial charge in [-0.2, -0.15) is 16.4 Å². The van der Waals surface area contributed by atoms with Crippen LogP contribution in [0.3, 0.4) is 0 Å². The van der Waals surface area contributed by atoms with Crippen LogP contribution < -0.4 is 5.73 Å². The van der Waals surface area contributed by atoms with Crippen molar-refractivity contribution >= 4 is 11.3 Å². The Morgan fingerprint density at radius 1 is 1.39 bits per heavy atom. The number of nitrogens with two attached hydrogens (primary N) is 1. The van der Waals surface area contributed by atoms with Gasteiger partial charge in [0, 0.05) is 19.0 Å². The van der Waals surface area contributed by atoms with Crippen molar-refractivity contribution in [3.63, 3.8) is 0 Å². The molecule has 0 saturated carbocycles. The highest BCUT2D eigenvalue weighted by atomic mass is 32.1. The maximum absolute atomic E-state index is 6.26. The number of nitrogens with zero attached hydrogens (tertiary/aromatic N) is 3. The van der Waals surface area contributed by atoms with Gasteiger partial charge in [-0.25, -0.2) is 9.67 Å². The maximum atomic E-state index is 6.26. The molecule has 5 heteroatoms. The molecule has 0 spiro atoms. The van der Waals surface area contributed by atoms with E-state index < -0.39 is 0 Å². The second-order valence-electron chi connectivity index (χ2n) is 5.07. The molecule has 2 aromatic rings. The molecule has 0 saturated heterocycles. The lowest BCUT2D eigenvalue weighted by atomic mass is 10.0. The fraction of sp³-hybridized carbons (Fsp3) is 0.538. The predicted octanol–water partition coefficient (Wildman–Crippen LogP) is 2.55. The molecule has 0 aromatic carbocycles. The van der Waals surface area contributed by atoms with Crippen LogP contribution in [-0.2, 0) is 13.0 Å². The van der Waals surface area contributed by atoms with Gasteiger partial charge in [0.05, 0.1) is 0 Å². The fourth-order valence-corrected chi connectivity index (χ4v) is 2.92. The van der Waals surface area contributed by atoms with Crippen molar-refractivity contribution in [2.75, 3.05) is 0 Å². The van der Waals surface area contributed by atoms with E-state index in [9.17, 15) is 0 Å². The predicted molar refractivity (Wildman–Crippen MR) is 74.5 cm³/mol. The minimum atomic E-state index is 0.00589. The van der Waals surface area contributed by atoms with Crippen molar-refractivity contribution in [2.24, 2.45) is 11.7 Å². The summed E-state index contributed by atoms with van der Waals surface area (Å²) in [6, 6.07) is 0.00589. The second kappa shape index (κ2) is 5.63. The van der Waals surface area contributed by atoms with E-state index in [2.05, 4.69) is 41.6 Å². The Hall–Kier alpha value is -1.20. The van der Waals surface area contributed by atoms with Crippen LogP contribution in [0.1, 0.15) is 36.8 Å². The van der Waals surface area contributed by atoms with E-state index in [0.29, 0.717) is 5.92 Å². The summed E-state index contributed by atoms with van der Waals surface area (Å²) in [7, 11) is 0. The molecule has 0 aliphatic rings. The van der Waals surface area contributed by atoms with E-state index >= 15 is 0 Å². The normalized spacial score (nSPS) is 13.2. The van der Waals surface area contributed by atoms with Crippen LogP contribution >= 0.6 is 11.3 Å². The van der Waals surface area contributed by atoms with Gasteiger partial charge in [0.25, 0.3) is 0 Å². The van der Waals surface area contributed by atoms with Crippen LogP contribution in [0.5, 0.6) is 0 Å². The first-order valence-electron chi connectivity index (χ1n) is 6.23. The molecule has 0 aliphatic carbocycles. The smallest absolute Gasteiger partial charge is 0.138 e. The molecular formula is C13H20N4S. The lowest BCUT2D eigenvalue weighted by molar-refractivity contribution is 0.459. The number of hydrogen-bond acceptors (Lipinski definition) is 4. The van der Waals surface area contributed by atoms with Crippen LogP contribution in [-0.4, -0.2) is 14.8 Å². The quantitative estimate of drug-likeness (QED) is 0.903. The number of aryl methyl sites for hydroxylation is 1. The van der Waals surface area contributed by atoms with E-state index in [1.165, 1.54) is 11.1 Å². The molecule has 2 heterocycles. The zero-order valence-electron chi connectivity index (χ0n) is 11.1. The first-order chi connectivity index (χ1) is 8.58. The molecular weight excluding hydrogens is 244 g/mol. The molecule has 98 valence electrons. The van der Waals surface area contributed by atoms with Gasteiger partial charge in [-0.3, -0.25) is 0 Å². The van der Waals surface area contributed by atoms with E-state index in [-0.39, 0.29) is 6.04 Å². The van der Waals surface area contributed by atoms with Crippen molar-refractivity contribution in [1.29, 1.82) is 0 Å². The lowest BCUT2D eigenvalue weighted by Crippen LogP contribution is -2.18. The average Bonchev–Trinajstić information content (AvgIpc) is 2.88. The summed E-state index contributed by atoms with van der Waals surface area (Å²) >= 11 is 1.70. The first kappa shape index (κ1) is 13.2. The largest absolute Gasteiger partial charge is 0.324 e. The van der Waals surface area contributed by atoms with Crippen molar-refractivity contribution in [2.45, 2.75) is 39.8 Å². The SMILES string of the molecule is Cc1cscc1C(N)Cc1ncnn1CC(C)C. The summed E-state index contributed by atoms with van der Waals surface area (Å²) in [5.74, 6) is 1.53. The minimum absolute atomic E-state index is 0.00589. The van der Waals surface area contributed by atoms with Crippen molar-refractivity contribution in [1.82, 2.24) is 14.8 Å². The van der Waals surface area contributed by atoms with Crippen LogP contribution in [0.2, 0.25) is 0 Å². The molecule has 2 rings (SSSR count). The zero-order chi connectivity index (χ0) is 13.1. The highest BCUT2D eigenvalue weighted by Crippen LogP contribution is 2.22. The standard InChI is InChI=1S/C13H20N4S/c1-9(2)5-17-13(15-8-16-17)4-12(14)11-7-18-6-10(11)3/h6-9,12H,4-5,14H2,1-3H3. The zero-order valence-corrected chi connectivity index (χ0v) is 11.9. The third-order valence-electron chi connectivity index (χ3n) is 2.93. The van der Waals surface area contributed by atoms with Gasteiger partial charge in [0.2, 0.25) is 0 Å². The highest BCUT2D eigenvalue weighted by Gasteiger charge is 2.14. The molecule has 18 heavy (non-hydrogen) atoms. The van der Waals surface area contributed by atoms with Crippen molar-refractivity contribution < 1.29 is 0 Å². The molecule has 1 atom stereocenters. The van der Waals surface area contributed by atoms with E-state index in [4.69, 9.17) is 5.73 Å². The summed E-state index contributed by atoms with van der Waals surface area (Å²) < 4.78 is 1.96. The van der Waals surface area contributed by atoms with Gasteiger partial charge < -0.3 is 5.73 Å². The lowest BCUT2D eigenvalue weighted by Gasteiger charge is -2.13. The Morgan fingerprint density at radius 3 is 2.78 bits per heavy atom. The van der Waals surface area contributed by atoms with E-state index in [0.717, 1.165) is 18.8 Å². The third kappa shape index (κ3) is 2.97.